The van der Waals surface area contributed by atoms with Crippen LogP contribution in [-0.4, -0.2) is 32.3 Å². The molecule has 4 aromatic rings. The summed E-state index contributed by atoms with van der Waals surface area (Å²) in [5.74, 6) is 1.62. The zero-order chi connectivity index (χ0) is 23.4. The summed E-state index contributed by atoms with van der Waals surface area (Å²) in [4.78, 5) is 32.6. The Kier molecular flexibility index (Phi) is 6.39. The van der Waals surface area contributed by atoms with E-state index in [1.807, 2.05) is 38.1 Å². The van der Waals surface area contributed by atoms with Gasteiger partial charge in [-0.3, -0.25) is 14.6 Å². The Morgan fingerprint density at radius 1 is 1.21 bits per heavy atom. The Balaban J connectivity index is 1.64. The topological polar surface area (TPSA) is 115 Å². The largest absolute Gasteiger partial charge is 0.494 e. The number of carbonyl (C=O) groups is 1. The number of aromatic nitrogens is 4. The second-order valence-corrected chi connectivity index (χ2v) is 7.41. The molecule has 0 atom stereocenters. The summed E-state index contributed by atoms with van der Waals surface area (Å²) in [6.45, 7) is 6.17. The van der Waals surface area contributed by atoms with Crippen LogP contribution < -0.4 is 15.6 Å². The van der Waals surface area contributed by atoms with Crippen LogP contribution in [0.3, 0.4) is 0 Å². The van der Waals surface area contributed by atoms with Gasteiger partial charge in [-0.1, -0.05) is 19.1 Å². The van der Waals surface area contributed by atoms with Gasteiger partial charge in [0.25, 0.3) is 5.56 Å². The van der Waals surface area contributed by atoms with Gasteiger partial charge in [-0.05, 0) is 50.1 Å². The first-order chi connectivity index (χ1) is 16.0. The molecule has 0 aliphatic rings. The van der Waals surface area contributed by atoms with E-state index in [0.29, 0.717) is 41.6 Å². The molecule has 170 valence electrons. The quantitative estimate of drug-likeness (QED) is 0.426. The number of aromatic amines is 1. The van der Waals surface area contributed by atoms with E-state index in [1.54, 1.807) is 31.4 Å². The van der Waals surface area contributed by atoms with Crippen LogP contribution in [0.4, 0.5) is 5.82 Å². The Hall–Kier alpha value is -4.14. The lowest BCUT2D eigenvalue weighted by molar-refractivity contribution is -0.115. The Morgan fingerprint density at radius 2 is 2.00 bits per heavy atom. The number of benzene rings is 1. The van der Waals surface area contributed by atoms with E-state index in [-0.39, 0.29) is 23.8 Å². The number of furan rings is 1. The van der Waals surface area contributed by atoms with Crippen molar-refractivity contribution in [2.75, 3.05) is 11.9 Å². The molecule has 1 amide bonds. The molecule has 0 fully saturated rings. The summed E-state index contributed by atoms with van der Waals surface area (Å²) in [7, 11) is 0. The van der Waals surface area contributed by atoms with Gasteiger partial charge in [0.1, 0.15) is 17.3 Å². The Labute approximate surface area is 190 Å². The molecule has 0 aliphatic heterocycles. The number of aryl methyl sites for hydroxylation is 1. The Bertz CT molecular complexity index is 1300. The highest BCUT2D eigenvalue weighted by Gasteiger charge is 2.18. The third-order valence-corrected chi connectivity index (χ3v) is 5.11. The highest BCUT2D eigenvalue weighted by molar-refractivity contribution is 5.92. The lowest BCUT2D eigenvalue weighted by Crippen LogP contribution is -2.22. The SMILES string of the molecule is CCOc1ccc(CC(=O)Nc2cc(-c3ccco3)nn2-c2nc(C)c(CC)c(=O)[nH]2)cc1. The van der Waals surface area contributed by atoms with Crippen molar-refractivity contribution in [2.24, 2.45) is 0 Å². The normalized spacial score (nSPS) is 10.9. The van der Waals surface area contributed by atoms with Crippen LogP contribution in [0.25, 0.3) is 17.4 Å². The van der Waals surface area contributed by atoms with Gasteiger partial charge in [0.05, 0.1) is 19.3 Å². The van der Waals surface area contributed by atoms with Crippen molar-refractivity contribution in [3.63, 3.8) is 0 Å². The minimum atomic E-state index is -0.240. The minimum absolute atomic E-state index is 0.158. The number of amides is 1. The molecule has 0 bridgehead atoms. The standard InChI is InChI=1S/C24H25N5O4/c1-4-18-15(3)25-24(27-23(18)31)29-21(14-19(28-29)20-7-6-12-33-20)26-22(30)13-16-8-10-17(11-9-16)32-5-2/h6-12,14H,4-5,13H2,1-3H3,(H,26,30)(H,25,27,31). The highest BCUT2D eigenvalue weighted by Crippen LogP contribution is 2.24. The smallest absolute Gasteiger partial charge is 0.255 e. The molecule has 0 spiro atoms. The third-order valence-electron chi connectivity index (χ3n) is 5.11. The molecular formula is C24H25N5O4. The van der Waals surface area contributed by atoms with Gasteiger partial charge < -0.3 is 14.5 Å². The number of H-pyrrole nitrogens is 1. The number of anilines is 1. The fourth-order valence-electron chi connectivity index (χ4n) is 3.53. The maximum absolute atomic E-state index is 12.8. The number of hydrogen-bond donors (Lipinski definition) is 2. The van der Waals surface area contributed by atoms with Gasteiger partial charge in [-0.15, -0.1) is 0 Å². The summed E-state index contributed by atoms with van der Waals surface area (Å²) < 4.78 is 12.3. The second-order valence-electron chi connectivity index (χ2n) is 7.41. The molecule has 3 aromatic heterocycles. The van der Waals surface area contributed by atoms with Crippen molar-refractivity contribution in [1.82, 2.24) is 19.7 Å². The summed E-state index contributed by atoms with van der Waals surface area (Å²) >= 11 is 0. The van der Waals surface area contributed by atoms with Crippen LogP contribution in [-0.2, 0) is 17.6 Å². The predicted molar refractivity (Wildman–Crippen MR) is 124 cm³/mol. The molecule has 0 unspecified atom stereocenters. The lowest BCUT2D eigenvalue weighted by Gasteiger charge is -2.10. The molecule has 0 saturated heterocycles. The van der Waals surface area contributed by atoms with E-state index in [9.17, 15) is 9.59 Å². The zero-order valence-corrected chi connectivity index (χ0v) is 18.7. The van der Waals surface area contributed by atoms with E-state index in [1.165, 1.54) is 4.68 Å². The molecule has 9 heteroatoms. The van der Waals surface area contributed by atoms with E-state index < -0.39 is 0 Å². The highest BCUT2D eigenvalue weighted by atomic mass is 16.5. The van der Waals surface area contributed by atoms with Gasteiger partial charge in [-0.2, -0.15) is 9.78 Å². The number of carbonyl (C=O) groups excluding carboxylic acids is 1. The molecule has 1 aromatic carbocycles. The monoisotopic (exact) mass is 447 g/mol. The predicted octanol–water partition coefficient (Wildman–Crippen LogP) is 3.67. The first-order valence-corrected chi connectivity index (χ1v) is 10.7. The number of hydrogen-bond acceptors (Lipinski definition) is 6. The summed E-state index contributed by atoms with van der Waals surface area (Å²) in [5, 5.41) is 7.39. The number of ether oxygens (including phenoxy) is 1. The Morgan fingerprint density at radius 3 is 2.64 bits per heavy atom. The minimum Gasteiger partial charge on any atom is -0.494 e. The van der Waals surface area contributed by atoms with Crippen molar-refractivity contribution in [1.29, 1.82) is 0 Å². The van der Waals surface area contributed by atoms with Crippen LogP contribution in [0.1, 0.15) is 30.7 Å². The molecule has 0 radical (unpaired) electrons. The van der Waals surface area contributed by atoms with Gasteiger partial charge in [0.2, 0.25) is 11.9 Å². The van der Waals surface area contributed by atoms with E-state index in [4.69, 9.17) is 9.15 Å². The van der Waals surface area contributed by atoms with Gasteiger partial charge >= 0.3 is 0 Å². The molecule has 2 N–H and O–H groups in total. The van der Waals surface area contributed by atoms with Crippen molar-refractivity contribution in [3.05, 3.63) is 75.9 Å². The fraction of sp³-hybridized carbons (Fsp3) is 0.250. The number of nitrogens with one attached hydrogen (secondary N) is 2. The number of nitrogens with zero attached hydrogens (tertiary/aromatic N) is 3. The van der Waals surface area contributed by atoms with Crippen molar-refractivity contribution >= 4 is 11.7 Å². The third kappa shape index (κ3) is 4.87. The van der Waals surface area contributed by atoms with Crippen LogP contribution in [0.15, 0.2) is 57.9 Å². The fourth-order valence-corrected chi connectivity index (χ4v) is 3.53. The van der Waals surface area contributed by atoms with E-state index in [0.717, 1.165) is 11.3 Å². The molecule has 3 heterocycles. The van der Waals surface area contributed by atoms with E-state index in [2.05, 4.69) is 20.4 Å². The molecule has 0 aliphatic carbocycles. The lowest BCUT2D eigenvalue weighted by atomic mass is 10.1. The molecule has 4 rings (SSSR count). The van der Waals surface area contributed by atoms with Crippen LogP contribution >= 0.6 is 0 Å². The van der Waals surface area contributed by atoms with Gasteiger partial charge in [-0.25, -0.2) is 4.98 Å². The first-order valence-electron chi connectivity index (χ1n) is 10.7. The summed E-state index contributed by atoms with van der Waals surface area (Å²) in [6.07, 6.45) is 2.27. The maximum atomic E-state index is 12.8. The molecule has 33 heavy (non-hydrogen) atoms. The molecule has 0 saturated carbocycles. The molecule has 9 nitrogen and oxygen atoms in total. The van der Waals surface area contributed by atoms with Crippen molar-refractivity contribution in [3.8, 4) is 23.2 Å². The van der Waals surface area contributed by atoms with Crippen molar-refractivity contribution in [2.45, 2.75) is 33.6 Å². The van der Waals surface area contributed by atoms with Crippen LogP contribution in [0, 0.1) is 6.92 Å². The van der Waals surface area contributed by atoms with Crippen molar-refractivity contribution < 1.29 is 13.9 Å². The van der Waals surface area contributed by atoms with Gasteiger partial charge in [0.15, 0.2) is 5.76 Å². The van der Waals surface area contributed by atoms with E-state index >= 15 is 0 Å². The van der Waals surface area contributed by atoms with Crippen LogP contribution in [0.2, 0.25) is 0 Å². The average Bonchev–Trinajstić information content (AvgIpc) is 3.45. The number of rotatable bonds is 8. The molecular weight excluding hydrogens is 422 g/mol. The zero-order valence-electron chi connectivity index (χ0n) is 18.7. The summed E-state index contributed by atoms with van der Waals surface area (Å²) in [5.41, 5.74) is 2.32. The maximum Gasteiger partial charge on any atom is 0.255 e. The second kappa shape index (κ2) is 9.56. The van der Waals surface area contributed by atoms with Gasteiger partial charge in [0, 0.05) is 17.3 Å². The first kappa shape index (κ1) is 22.1. The summed E-state index contributed by atoms with van der Waals surface area (Å²) in [6, 6.07) is 12.6. The van der Waals surface area contributed by atoms with Crippen LogP contribution in [0.5, 0.6) is 5.75 Å². The average molecular weight is 447 g/mol.